The maximum Gasteiger partial charge on any atom is 0.293 e. The zero-order chi connectivity index (χ0) is 25.2. The number of hydrogen-bond donors (Lipinski definition) is 0. The van der Waals surface area contributed by atoms with E-state index in [0.29, 0.717) is 17.3 Å². The van der Waals surface area contributed by atoms with Crippen LogP contribution in [0, 0.1) is 6.92 Å². The molecule has 0 saturated carbocycles. The summed E-state index contributed by atoms with van der Waals surface area (Å²) in [6.07, 6.45) is 1.74. The minimum absolute atomic E-state index is 0.239. The number of fused-ring (bicyclic) bond motifs is 1. The van der Waals surface area contributed by atoms with Crippen LogP contribution in [0.2, 0.25) is 0 Å². The van der Waals surface area contributed by atoms with E-state index >= 15 is 0 Å². The molecule has 0 N–H and O–H groups in total. The van der Waals surface area contributed by atoms with Crippen LogP contribution < -0.4 is 4.74 Å². The Kier molecular flexibility index (Phi) is 7.32. The summed E-state index contributed by atoms with van der Waals surface area (Å²) in [5.41, 5.74) is 4.00. The Bertz CT molecular complexity index is 1490. The summed E-state index contributed by atoms with van der Waals surface area (Å²) in [5.74, 6) is 0.390. The smallest absolute Gasteiger partial charge is 0.293 e. The predicted octanol–water partition coefficient (Wildman–Crippen LogP) is 8.49. The van der Waals surface area contributed by atoms with Crippen molar-refractivity contribution in [2.45, 2.75) is 20.1 Å². The van der Waals surface area contributed by atoms with Gasteiger partial charge in [-0.05, 0) is 96.2 Å². The third-order valence-corrected chi connectivity index (χ3v) is 7.99. The SMILES string of the molecule is Cc1ccc(COc2c(Br)cc(/C=C3/SC(=O)N(Cc4cccc5ccccc45)C3=O)cc2Br)cc1. The number of aryl methyl sites for hydroxylation is 1. The van der Waals surface area contributed by atoms with E-state index in [2.05, 4.69) is 50.9 Å². The lowest BCUT2D eigenvalue weighted by molar-refractivity contribution is -0.123. The van der Waals surface area contributed by atoms with Crippen molar-refractivity contribution in [2.24, 2.45) is 0 Å². The number of benzene rings is 4. The first-order valence-corrected chi connectivity index (χ1v) is 13.7. The van der Waals surface area contributed by atoms with Gasteiger partial charge in [-0.3, -0.25) is 14.5 Å². The van der Waals surface area contributed by atoms with E-state index in [1.807, 2.05) is 66.7 Å². The third-order valence-electron chi connectivity index (χ3n) is 5.90. The summed E-state index contributed by atoms with van der Waals surface area (Å²) < 4.78 is 7.54. The van der Waals surface area contributed by atoms with Crippen LogP contribution in [0.1, 0.15) is 22.3 Å². The van der Waals surface area contributed by atoms with Crippen LogP contribution in [0.15, 0.2) is 92.7 Å². The number of nitrogens with zero attached hydrogens (tertiary/aromatic N) is 1. The van der Waals surface area contributed by atoms with Crippen LogP contribution in [-0.4, -0.2) is 16.0 Å². The number of halogens is 2. The molecule has 1 aliphatic heterocycles. The second-order valence-corrected chi connectivity index (χ2v) is 11.2. The Hall–Kier alpha value is -2.87. The van der Waals surface area contributed by atoms with Crippen molar-refractivity contribution in [3.05, 3.63) is 115 Å². The lowest BCUT2D eigenvalue weighted by atomic mass is 10.0. The van der Waals surface area contributed by atoms with E-state index in [1.165, 1.54) is 10.5 Å². The van der Waals surface area contributed by atoms with Crippen molar-refractivity contribution in [3.8, 4) is 5.75 Å². The fraction of sp³-hybridized carbons (Fsp3) is 0.103. The molecule has 4 aromatic carbocycles. The standard InChI is InChI=1S/C29H21Br2NO3S/c1-18-9-11-19(12-10-18)17-35-27-24(30)13-20(14-25(27)31)15-26-28(33)32(29(34)36-26)16-22-7-4-6-21-5-2-3-8-23(21)22/h2-15H,16-17H2,1H3/b26-15+. The van der Waals surface area contributed by atoms with Gasteiger partial charge in [0.05, 0.1) is 20.4 Å². The first kappa shape index (κ1) is 24.8. The first-order chi connectivity index (χ1) is 17.4. The third kappa shape index (κ3) is 5.28. The molecule has 7 heteroatoms. The number of thioether (sulfide) groups is 1. The number of ether oxygens (including phenoxy) is 1. The van der Waals surface area contributed by atoms with Crippen LogP contribution in [-0.2, 0) is 17.9 Å². The number of rotatable bonds is 6. The average Bonchev–Trinajstić information content (AvgIpc) is 3.12. The monoisotopic (exact) mass is 621 g/mol. The van der Waals surface area contributed by atoms with Crippen LogP contribution in [0.25, 0.3) is 16.8 Å². The second kappa shape index (κ2) is 10.6. The van der Waals surface area contributed by atoms with Gasteiger partial charge in [-0.1, -0.05) is 72.3 Å². The van der Waals surface area contributed by atoms with Gasteiger partial charge in [-0.2, -0.15) is 0 Å². The molecule has 0 radical (unpaired) electrons. The van der Waals surface area contributed by atoms with Gasteiger partial charge in [-0.25, -0.2) is 0 Å². The summed E-state index contributed by atoms with van der Waals surface area (Å²) >= 11 is 8.13. The maximum absolute atomic E-state index is 13.1. The Morgan fingerprint density at radius 3 is 2.36 bits per heavy atom. The zero-order valence-electron chi connectivity index (χ0n) is 19.3. The highest BCUT2D eigenvalue weighted by Crippen LogP contribution is 2.38. The van der Waals surface area contributed by atoms with Crippen LogP contribution in [0.5, 0.6) is 5.75 Å². The Morgan fingerprint density at radius 2 is 1.61 bits per heavy atom. The largest absolute Gasteiger partial charge is 0.487 e. The summed E-state index contributed by atoms with van der Waals surface area (Å²) in [6, 6.07) is 25.9. The zero-order valence-corrected chi connectivity index (χ0v) is 23.3. The molecule has 4 nitrogen and oxygen atoms in total. The van der Waals surface area contributed by atoms with Gasteiger partial charge >= 0.3 is 0 Å². The minimum Gasteiger partial charge on any atom is -0.487 e. The van der Waals surface area contributed by atoms with Crippen LogP contribution in [0.4, 0.5) is 4.79 Å². The Labute approximate surface area is 230 Å². The number of carbonyl (C=O) groups is 2. The summed E-state index contributed by atoms with van der Waals surface area (Å²) in [5, 5.41) is 1.85. The molecule has 2 amide bonds. The lowest BCUT2D eigenvalue weighted by Crippen LogP contribution is -2.27. The van der Waals surface area contributed by atoms with Crippen molar-refractivity contribution in [2.75, 3.05) is 0 Å². The molecule has 0 spiro atoms. The minimum atomic E-state index is -0.287. The van der Waals surface area contributed by atoms with Crippen molar-refractivity contribution in [1.29, 1.82) is 0 Å². The van der Waals surface area contributed by atoms with Gasteiger partial charge in [0.1, 0.15) is 12.4 Å². The van der Waals surface area contributed by atoms with E-state index in [4.69, 9.17) is 4.74 Å². The van der Waals surface area contributed by atoms with Crippen LogP contribution in [0.3, 0.4) is 0 Å². The van der Waals surface area contributed by atoms with E-state index < -0.39 is 0 Å². The number of amides is 2. The molecule has 180 valence electrons. The topological polar surface area (TPSA) is 46.6 Å². The molecule has 0 aromatic heterocycles. The lowest BCUT2D eigenvalue weighted by Gasteiger charge is -2.14. The molecule has 0 bridgehead atoms. The highest BCUT2D eigenvalue weighted by atomic mass is 79.9. The molecule has 4 aromatic rings. The van der Waals surface area contributed by atoms with Gasteiger partial charge in [0.25, 0.3) is 11.1 Å². The first-order valence-electron chi connectivity index (χ1n) is 11.3. The Morgan fingerprint density at radius 1 is 0.917 bits per heavy atom. The van der Waals surface area contributed by atoms with E-state index in [0.717, 1.165) is 48.2 Å². The molecule has 1 saturated heterocycles. The highest BCUT2D eigenvalue weighted by Gasteiger charge is 2.35. The Balaban J connectivity index is 1.34. The molecule has 1 heterocycles. The predicted molar refractivity (Wildman–Crippen MR) is 153 cm³/mol. The van der Waals surface area contributed by atoms with E-state index in [-0.39, 0.29) is 17.7 Å². The number of hydrogen-bond acceptors (Lipinski definition) is 4. The molecular weight excluding hydrogens is 602 g/mol. The molecule has 36 heavy (non-hydrogen) atoms. The van der Waals surface area contributed by atoms with Crippen LogP contribution >= 0.6 is 43.6 Å². The van der Waals surface area contributed by atoms with Crippen molar-refractivity contribution < 1.29 is 14.3 Å². The van der Waals surface area contributed by atoms with Crippen molar-refractivity contribution in [3.63, 3.8) is 0 Å². The summed E-state index contributed by atoms with van der Waals surface area (Å²) in [4.78, 5) is 27.6. The molecular formula is C29H21Br2NO3S. The maximum atomic E-state index is 13.1. The van der Waals surface area contributed by atoms with Crippen molar-refractivity contribution in [1.82, 2.24) is 4.90 Å². The summed E-state index contributed by atoms with van der Waals surface area (Å²) in [6.45, 7) is 2.72. The van der Waals surface area contributed by atoms with Gasteiger partial charge in [0, 0.05) is 0 Å². The molecule has 5 rings (SSSR count). The fourth-order valence-corrected chi connectivity index (χ4v) is 6.32. The van der Waals surface area contributed by atoms with Gasteiger partial charge < -0.3 is 4.74 Å². The highest BCUT2D eigenvalue weighted by molar-refractivity contribution is 9.11. The number of carbonyl (C=O) groups excluding carboxylic acids is 2. The van der Waals surface area contributed by atoms with E-state index in [9.17, 15) is 9.59 Å². The fourth-order valence-electron chi connectivity index (χ4n) is 4.03. The van der Waals surface area contributed by atoms with E-state index in [1.54, 1.807) is 6.08 Å². The quantitative estimate of drug-likeness (QED) is 0.202. The molecule has 0 aliphatic carbocycles. The van der Waals surface area contributed by atoms with Gasteiger partial charge in [0.2, 0.25) is 0 Å². The van der Waals surface area contributed by atoms with Crippen molar-refractivity contribution >= 4 is 71.6 Å². The second-order valence-electron chi connectivity index (χ2n) is 8.49. The average molecular weight is 623 g/mol. The normalized spacial score (nSPS) is 14.8. The summed E-state index contributed by atoms with van der Waals surface area (Å²) in [7, 11) is 0. The van der Waals surface area contributed by atoms with Gasteiger partial charge in [-0.15, -0.1) is 0 Å². The molecule has 1 fully saturated rings. The number of imide groups is 1. The molecule has 0 unspecified atom stereocenters. The molecule has 1 aliphatic rings. The van der Waals surface area contributed by atoms with Gasteiger partial charge in [0.15, 0.2) is 0 Å². The molecule has 0 atom stereocenters.